The van der Waals surface area contributed by atoms with Crippen molar-refractivity contribution in [3.05, 3.63) is 35.9 Å². The zero-order valence-electron chi connectivity index (χ0n) is 9.64. The largest absolute Gasteiger partial charge is 0.379 e. The SMILES string of the molecule is O=C(c1ccccc1)C(Br)CN1CCOCC1. The van der Waals surface area contributed by atoms with Crippen LogP contribution in [-0.2, 0) is 4.74 Å². The van der Waals surface area contributed by atoms with Crippen molar-refractivity contribution in [2.75, 3.05) is 32.8 Å². The van der Waals surface area contributed by atoms with Gasteiger partial charge in [-0.2, -0.15) is 0 Å². The fourth-order valence-corrected chi connectivity index (χ4v) is 2.55. The van der Waals surface area contributed by atoms with Crippen LogP contribution in [0.4, 0.5) is 0 Å². The summed E-state index contributed by atoms with van der Waals surface area (Å²) in [7, 11) is 0. The number of alkyl halides is 1. The van der Waals surface area contributed by atoms with Gasteiger partial charge < -0.3 is 4.74 Å². The average Bonchev–Trinajstić information content (AvgIpc) is 2.40. The summed E-state index contributed by atoms with van der Waals surface area (Å²) in [6.07, 6.45) is 0. The van der Waals surface area contributed by atoms with E-state index in [9.17, 15) is 4.79 Å². The van der Waals surface area contributed by atoms with Crippen LogP contribution in [0.15, 0.2) is 30.3 Å². The second-order valence-electron chi connectivity index (χ2n) is 4.11. The van der Waals surface area contributed by atoms with Crippen molar-refractivity contribution in [3.63, 3.8) is 0 Å². The molecule has 17 heavy (non-hydrogen) atoms. The third-order valence-electron chi connectivity index (χ3n) is 2.86. The molecule has 0 saturated carbocycles. The Balaban J connectivity index is 1.91. The first-order valence-electron chi connectivity index (χ1n) is 5.81. The molecule has 92 valence electrons. The lowest BCUT2D eigenvalue weighted by Gasteiger charge is -2.28. The highest BCUT2D eigenvalue weighted by Crippen LogP contribution is 2.12. The molecular weight excluding hydrogens is 282 g/mol. The number of ketones is 1. The Labute approximate surface area is 110 Å². The molecular formula is C13H16BrNO2. The van der Waals surface area contributed by atoms with Gasteiger partial charge in [-0.3, -0.25) is 9.69 Å². The molecule has 1 aliphatic rings. The van der Waals surface area contributed by atoms with E-state index in [4.69, 9.17) is 4.74 Å². The fraction of sp³-hybridized carbons (Fsp3) is 0.462. The van der Waals surface area contributed by atoms with Crippen molar-refractivity contribution in [1.82, 2.24) is 4.90 Å². The van der Waals surface area contributed by atoms with Gasteiger partial charge in [0.1, 0.15) is 0 Å². The van der Waals surface area contributed by atoms with Crippen LogP contribution in [0.5, 0.6) is 0 Å². The first kappa shape index (κ1) is 12.7. The Morgan fingerprint density at radius 1 is 1.29 bits per heavy atom. The summed E-state index contributed by atoms with van der Waals surface area (Å²) in [4.78, 5) is 14.2. The quantitative estimate of drug-likeness (QED) is 0.629. The first-order chi connectivity index (χ1) is 8.27. The van der Waals surface area contributed by atoms with E-state index < -0.39 is 0 Å². The van der Waals surface area contributed by atoms with Crippen molar-refractivity contribution >= 4 is 21.7 Å². The minimum absolute atomic E-state index is 0.136. The summed E-state index contributed by atoms with van der Waals surface area (Å²) in [6, 6.07) is 9.41. The summed E-state index contributed by atoms with van der Waals surface area (Å²) >= 11 is 3.48. The van der Waals surface area contributed by atoms with Crippen molar-refractivity contribution in [3.8, 4) is 0 Å². The van der Waals surface area contributed by atoms with E-state index in [1.54, 1.807) is 0 Å². The minimum atomic E-state index is -0.136. The Hall–Kier alpha value is -0.710. The predicted octanol–water partition coefficient (Wildman–Crippen LogP) is 1.97. The van der Waals surface area contributed by atoms with E-state index in [0.29, 0.717) is 0 Å². The smallest absolute Gasteiger partial charge is 0.177 e. The van der Waals surface area contributed by atoms with Gasteiger partial charge in [0, 0.05) is 25.2 Å². The van der Waals surface area contributed by atoms with E-state index in [2.05, 4.69) is 20.8 Å². The van der Waals surface area contributed by atoms with Crippen molar-refractivity contribution < 1.29 is 9.53 Å². The summed E-state index contributed by atoms with van der Waals surface area (Å²) in [6.45, 7) is 4.09. The van der Waals surface area contributed by atoms with Gasteiger partial charge in [0.2, 0.25) is 0 Å². The van der Waals surface area contributed by atoms with Crippen LogP contribution in [0.25, 0.3) is 0 Å². The van der Waals surface area contributed by atoms with Crippen LogP contribution in [0.1, 0.15) is 10.4 Å². The molecule has 1 aromatic carbocycles. The second kappa shape index (κ2) is 6.28. The molecule has 1 aromatic rings. The molecule has 1 fully saturated rings. The molecule has 3 nitrogen and oxygen atoms in total. The second-order valence-corrected chi connectivity index (χ2v) is 5.22. The lowest BCUT2D eigenvalue weighted by molar-refractivity contribution is 0.0379. The molecule has 2 rings (SSSR count). The van der Waals surface area contributed by atoms with Gasteiger partial charge in [-0.1, -0.05) is 46.3 Å². The lowest BCUT2D eigenvalue weighted by atomic mass is 10.1. The first-order valence-corrected chi connectivity index (χ1v) is 6.72. The maximum Gasteiger partial charge on any atom is 0.177 e. The Bertz CT molecular complexity index is 363. The molecule has 0 N–H and O–H groups in total. The predicted molar refractivity (Wildman–Crippen MR) is 70.7 cm³/mol. The van der Waals surface area contributed by atoms with Gasteiger partial charge in [-0.15, -0.1) is 0 Å². The number of nitrogens with zero attached hydrogens (tertiary/aromatic N) is 1. The molecule has 1 unspecified atom stereocenters. The normalized spacial score (nSPS) is 18.9. The summed E-state index contributed by atoms with van der Waals surface area (Å²) < 4.78 is 5.28. The third kappa shape index (κ3) is 3.63. The van der Waals surface area contributed by atoms with Gasteiger partial charge >= 0.3 is 0 Å². The number of ether oxygens (including phenoxy) is 1. The standard InChI is InChI=1S/C13H16BrNO2/c14-12(10-15-6-8-17-9-7-15)13(16)11-4-2-1-3-5-11/h1-5,12H,6-10H2. The van der Waals surface area contributed by atoms with Crippen LogP contribution in [-0.4, -0.2) is 48.4 Å². The number of hydrogen-bond acceptors (Lipinski definition) is 3. The topological polar surface area (TPSA) is 29.5 Å². The molecule has 1 aliphatic heterocycles. The molecule has 1 atom stereocenters. The number of hydrogen-bond donors (Lipinski definition) is 0. The summed E-state index contributed by atoms with van der Waals surface area (Å²) in [5.74, 6) is 0.150. The molecule has 0 aliphatic carbocycles. The van der Waals surface area contributed by atoms with Gasteiger partial charge in [-0.25, -0.2) is 0 Å². The van der Waals surface area contributed by atoms with Crippen LogP contribution < -0.4 is 0 Å². The number of Topliss-reactive ketones (excluding diaryl/α,β-unsaturated/α-hetero) is 1. The van der Waals surface area contributed by atoms with Crippen LogP contribution in [0, 0.1) is 0 Å². The number of benzene rings is 1. The van der Waals surface area contributed by atoms with Gasteiger partial charge in [-0.05, 0) is 0 Å². The van der Waals surface area contributed by atoms with E-state index in [1.807, 2.05) is 30.3 Å². The fourth-order valence-electron chi connectivity index (χ4n) is 1.88. The Morgan fingerprint density at radius 2 is 1.94 bits per heavy atom. The molecule has 1 saturated heterocycles. The van der Waals surface area contributed by atoms with E-state index in [-0.39, 0.29) is 10.6 Å². The monoisotopic (exact) mass is 297 g/mol. The third-order valence-corrected chi connectivity index (χ3v) is 3.57. The molecule has 0 amide bonds. The molecule has 1 heterocycles. The Kier molecular flexibility index (Phi) is 4.71. The number of carbonyl (C=O) groups excluding carboxylic acids is 1. The molecule has 0 aromatic heterocycles. The summed E-state index contributed by atoms with van der Waals surface area (Å²) in [5, 5.41) is 0. The zero-order chi connectivity index (χ0) is 12.1. The highest BCUT2D eigenvalue weighted by atomic mass is 79.9. The van der Waals surface area contributed by atoms with Crippen molar-refractivity contribution in [2.45, 2.75) is 4.83 Å². The van der Waals surface area contributed by atoms with E-state index >= 15 is 0 Å². The van der Waals surface area contributed by atoms with E-state index in [1.165, 1.54) is 0 Å². The molecule has 4 heteroatoms. The zero-order valence-corrected chi connectivity index (χ0v) is 11.2. The van der Waals surface area contributed by atoms with Crippen LogP contribution >= 0.6 is 15.9 Å². The highest BCUT2D eigenvalue weighted by Gasteiger charge is 2.21. The van der Waals surface area contributed by atoms with E-state index in [0.717, 1.165) is 38.4 Å². The maximum atomic E-state index is 12.1. The molecule has 0 bridgehead atoms. The van der Waals surface area contributed by atoms with Crippen LogP contribution in [0.2, 0.25) is 0 Å². The lowest BCUT2D eigenvalue weighted by Crippen LogP contribution is -2.41. The summed E-state index contributed by atoms with van der Waals surface area (Å²) in [5.41, 5.74) is 0.766. The number of morpholine rings is 1. The number of halogens is 1. The highest BCUT2D eigenvalue weighted by molar-refractivity contribution is 9.10. The van der Waals surface area contributed by atoms with Crippen LogP contribution in [0.3, 0.4) is 0 Å². The Morgan fingerprint density at radius 3 is 2.59 bits per heavy atom. The minimum Gasteiger partial charge on any atom is -0.379 e. The van der Waals surface area contributed by atoms with Crippen molar-refractivity contribution in [2.24, 2.45) is 0 Å². The average molecular weight is 298 g/mol. The number of carbonyl (C=O) groups is 1. The molecule has 0 radical (unpaired) electrons. The maximum absolute atomic E-state index is 12.1. The van der Waals surface area contributed by atoms with Crippen molar-refractivity contribution in [1.29, 1.82) is 0 Å². The number of rotatable bonds is 4. The van der Waals surface area contributed by atoms with Gasteiger partial charge in [0.25, 0.3) is 0 Å². The molecule has 0 spiro atoms. The van der Waals surface area contributed by atoms with Gasteiger partial charge in [0.05, 0.1) is 18.0 Å². The van der Waals surface area contributed by atoms with Gasteiger partial charge in [0.15, 0.2) is 5.78 Å².